The van der Waals surface area contributed by atoms with E-state index in [1.807, 2.05) is 0 Å². The van der Waals surface area contributed by atoms with Crippen molar-refractivity contribution in [2.75, 3.05) is 0 Å². The van der Waals surface area contributed by atoms with Gasteiger partial charge < -0.3 is 5.11 Å². The fourth-order valence-electron chi connectivity index (χ4n) is 3.25. The SMILES string of the molecule is C/C1=C\[C@@H]2[C@@H]([C@@H](O)C/C(C)=C/CC1)C2(C)C. The van der Waals surface area contributed by atoms with E-state index in [0.29, 0.717) is 17.3 Å². The van der Waals surface area contributed by atoms with Gasteiger partial charge in [0, 0.05) is 0 Å². The van der Waals surface area contributed by atoms with E-state index in [1.54, 1.807) is 0 Å². The molecule has 1 N–H and O–H groups in total. The minimum atomic E-state index is -0.154. The number of hydrogen-bond acceptors (Lipinski definition) is 1. The van der Waals surface area contributed by atoms with Crippen molar-refractivity contribution in [3.05, 3.63) is 23.3 Å². The molecule has 0 aromatic rings. The first-order valence-electron chi connectivity index (χ1n) is 6.44. The molecular weight excluding hydrogens is 196 g/mol. The van der Waals surface area contributed by atoms with Gasteiger partial charge in [-0.1, -0.05) is 37.1 Å². The molecule has 0 spiro atoms. The van der Waals surface area contributed by atoms with Crippen molar-refractivity contribution >= 4 is 0 Å². The van der Waals surface area contributed by atoms with Gasteiger partial charge in [-0.15, -0.1) is 0 Å². The van der Waals surface area contributed by atoms with Gasteiger partial charge >= 0.3 is 0 Å². The van der Waals surface area contributed by atoms with Crippen LogP contribution in [0.5, 0.6) is 0 Å². The predicted octanol–water partition coefficient (Wildman–Crippen LogP) is 3.70. The second-order valence-corrected chi connectivity index (χ2v) is 6.25. The van der Waals surface area contributed by atoms with Crippen LogP contribution in [0, 0.1) is 17.3 Å². The van der Waals surface area contributed by atoms with E-state index in [-0.39, 0.29) is 6.10 Å². The highest BCUT2D eigenvalue weighted by Gasteiger charge is 2.59. The molecule has 1 nitrogen and oxygen atoms in total. The Morgan fingerprint density at radius 2 is 1.94 bits per heavy atom. The average molecular weight is 220 g/mol. The van der Waals surface area contributed by atoms with Gasteiger partial charge in [0.15, 0.2) is 0 Å². The van der Waals surface area contributed by atoms with Gasteiger partial charge in [0.05, 0.1) is 6.10 Å². The summed E-state index contributed by atoms with van der Waals surface area (Å²) in [4.78, 5) is 0. The van der Waals surface area contributed by atoms with E-state index in [0.717, 1.165) is 12.8 Å². The summed E-state index contributed by atoms with van der Waals surface area (Å²) in [6.07, 6.45) is 7.69. The lowest BCUT2D eigenvalue weighted by molar-refractivity contribution is 0.135. The zero-order valence-corrected chi connectivity index (χ0v) is 11.0. The molecule has 1 saturated carbocycles. The molecule has 1 heteroatoms. The molecule has 0 heterocycles. The van der Waals surface area contributed by atoms with E-state index >= 15 is 0 Å². The fourth-order valence-corrected chi connectivity index (χ4v) is 3.25. The highest BCUT2D eigenvalue weighted by Crippen LogP contribution is 2.61. The van der Waals surface area contributed by atoms with Gasteiger partial charge in [-0.25, -0.2) is 0 Å². The molecule has 90 valence electrons. The maximum Gasteiger partial charge on any atom is 0.0616 e. The third-order valence-electron chi connectivity index (χ3n) is 4.44. The van der Waals surface area contributed by atoms with Gasteiger partial charge in [0.25, 0.3) is 0 Å². The molecule has 1 fully saturated rings. The summed E-state index contributed by atoms with van der Waals surface area (Å²) < 4.78 is 0. The van der Waals surface area contributed by atoms with E-state index in [1.165, 1.54) is 17.6 Å². The van der Waals surface area contributed by atoms with Crippen LogP contribution in [0.15, 0.2) is 23.3 Å². The molecule has 2 aliphatic carbocycles. The monoisotopic (exact) mass is 220 g/mol. The van der Waals surface area contributed by atoms with Crippen LogP contribution in [0.25, 0.3) is 0 Å². The summed E-state index contributed by atoms with van der Waals surface area (Å²) in [7, 11) is 0. The minimum absolute atomic E-state index is 0.154. The summed E-state index contributed by atoms with van der Waals surface area (Å²) in [6, 6.07) is 0. The lowest BCUT2D eigenvalue weighted by Gasteiger charge is -2.13. The number of fused-ring (bicyclic) bond motifs is 1. The highest BCUT2D eigenvalue weighted by molar-refractivity contribution is 5.22. The van der Waals surface area contributed by atoms with Gasteiger partial charge in [-0.05, 0) is 50.4 Å². The maximum absolute atomic E-state index is 10.3. The van der Waals surface area contributed by atoms with Crippen molar-refractivity contribution in [3.8, 4) is 0 Å². The quantitative estimate of drug-likeness (QED) is 0.617. The van der Waals surface area contributed by atoms with Crippen molar-refractivity contribution in [1.29, 1.82) is 0 Å². The second-order valence-electron chi connectivity index (χ2n) is 6.25. The van der Waals surface area contributed by atoms with Crippen LogP contribution in [-0.2, 0) is 0 Å². The first kappa shape index (κ1) is 11.9. The Kier molecular flexibility index (Phi) is 3.00. The van der Waals surface area contributed by atoms with Crippen LogP contribution in [0.3, 0.4) is 0 Å². The Morgan fingerprint density at radius 1 is 1.25 bits per heavy atom. The molecule has 3 atom stereocenters. The van der Waals surface area contributed by atoms with Gasteiger partial charge in [0.2, 0.25) is 0 Å². The molecule has 0 saturated heterocycles. The van der Waals surface area contributed by atoms with Crippen molar-refractivity contribution < 1.29 is 5.11 Å². The molecule has 0 aromatic carbocycles. The molecule has 0 aromatic heterocycles. The van der Waals surface area contributed by atoms with Gasteiger partial charge in [-0.2, -0.15) is 0 Å². The van der Waals surface area contributed by atoms with Gasteiger partial charge in [-0.3, -0.25) is 0 Å². The third-order valence-corrected chi connectivity index (χ3v) is 4.44. The average Bonchev–Trinajstić information content (AvgIpc) is 2.67. The lowest BCUT2D eigenvalue weighted by Crippen LogP contribution is -2.14. The molecule has 16 heavy (non-hydrogen) atoms. The Hall–Kier alpha value is -0.560. The smallest absolute Gasteiger partial charge is 0.0616 e. The number of hydrogen-bond donors (Lipinski definition) is 1. The largest absolute Gasteiger partial charge is 0.392 e. The molecule has 2 aliphatic rings. The Balaban J connectivity index is 2.22. The lowest BCUT2D eigenvalue weighted by atomic mass is 9.99. The van der Waals surface area contributed by atoms with Crippen LogP contribution in [0.2, 0.25) is 0 Å². The number of allylic oxidation sites excluding steroid dienone is 3. The first-order valence-corrected chi connectivity index (χ1v) is 6.44. The summed E-state index contributed by atoms with van der Waals surface area (Å²) in [5.41, 5.74) is 3.13. The predicted molar refractivity (Wildman–Crippen MR) is 68.1 cm³/mol. The van der Waals surface area contributed by atoms with Crippen molar-refractivity contribution in [1.82, 2.24) is 0 Å². The number of aliphatic hydroxyl groups excluding tert-OH is 1. The molecule has 0 bridgehead atoms. The van der Waals surface area contributed by atoms with E-state index < -0.39 is 0 Å². The summed E-state index contributed by atoms with van der Waals surface area (Å²) in [6.45, 7) is 8.94. The topological polar surface area (TPSA) is 20.2 Å². The van der Waals surface area contributed by atoms with Crippen LogP contribution in [-0.4, -0.2) is 11.2 Å². The zero-order valence-electron chi connectivity index (χ0n) is 11.0. The van der Waals surface area contributed by atoms with E-state index in [2.05, 4.69) is 39.8 Å². The summed E-state index contributed by atoms with van der Waals surface area (Å²) in [5.74, 6) is 1.05. The highest BCUT2D eigenvalue weighted by atomic mass is 16.3. The molecule has 0 aliphatic heterocycles. The first-order chi connectivity index (χ1) is 7.43. The van der Waals surface area contributed by atoms with Crippen LogP contribution in [0.1, 0.15) is 47.0 Å². The Morgan fingerprint density at radius 3 is 2.62 bits per heavy atom. The summed E-state index contributed by atoms with van der Waals surface area (Å²) >= 11 is 0. The zero-order chi connectivity index (χ0) is 11.9. The normalized spacial score (nSPS) is 44.7. The molecule has 0 radical (unpaired) electrons. The van der Waals surface area contributed by atoms with E-state index in [9.17, 15) is 5.11 Å². The van der Waals surface area contributed by atoms with Crippen LogP contribution < -0.4 is 0 Å². The second kappa shape index (κ2) is 4.03. The standard InChI is InChI=1S/C15H24O/c1-10-6-5-7-11(2)9-13(16)14-12(8-10)15(14,3)4/h7-8,12-14,16H,5-6,9H2,1-4H3/b10-8+,11-7+/t12-,13+,14+/m1/s1. The Labute approximate surface area is 99.3 Å². The minimum Gasteiger partial charge on any atom is -0.392 e. The fraction of sp³-hybridized carbons (Fsp3) is 0.733. The van der Waals surface area contributed by atoms with Crippen LogP contribution in [0.4, 0.5) is 0 Å². The molecular formula is C15H24O. The van der Waals surface area contributed by atoms with Crippen LogP contribution >= 0.6 is 0 Å². The summed E-state index contributed by atoms with van der Waals surface area (Å²) in [5, 5.41) is 10.3. The Bertz CT molecular complexity index is 335. The number of rotatable bonds is 0. The molecule has 0 amide bonds. The molecule has 2 rings (SSSR count). The molecule has 0 unspecified atom stereocenters. The van der Waals surface area contributed by atoms with Crippen molar-refractivity contribution in [2.24, 2.45) is 17.3 Å². The third kappa shape index (κ3) is 2.10. The van der Waals surface area contributed by atoms with Gasteiger partial charge in [0.1, 0.15) is 0 Å². The van der Waals surface area contributed by atoms with Crippen molar-refractivity contribution in [2.45, 2.75) is 53.1 Å². The van der Waals surface area contributed by atoms with Crippen molar-refractivity contribution in [3.63, 3.8) is 0 Å². The maximum atomic E-state index is 10.3. The number of aliphatic hydroxyl groups is 1. The van der Waals surface area contributed by atoms with E-state index in [4.69, 9.17) is 0 Å².